The molecule has 2 atom stereocenters. The van der Waals surface area contributed by atoms with Gasteiger partial charge in [0.25, 0.3) is 0 Å². The molecule has 0 bridgehead atoms. The van der Waals surface area contributed by atoms with Crippen LogP contribution >= 0.6 is 0 Å². The molecule has 7 nitrogen and oxygen atoms in total. The lowest BCUT2D eigenvalue weighted by Crippen LogP contribution is -2.39. The summed E-state index contributed by atoms with van der Waals surface area (Å²) in [5, 5.41) is 7.12. The molecule has 3 saturated heterocycles. The molecule has 0 aromatic rings. The zero-order valence-corrected chi connectivity index (χ0v) is 17.8. The van der Waals surface area contributed by atoms with Gasteiger partial charge >= 0.3 is 12.1 Å². The Kier molecular flexibility index (Phi) is 8.58. The maximum Gasteiger partial charge on any atom is 0.490 e. The Labute approximate surface area is 180 Å². The number of fused-ring (bicyclic) bond motifs is 1. The van der Waals surface area contributed by atoms with E-state index in [2.05, 4.69) is 9.80 Å². The monoisotopic (exact) mass is 450 g/mol. The van der Waals surface area contributed by atoms with Crippen molar-refractivity contribution in [1.29, 1.82) is 0 Å². The molecule has 3 aliphatic heterocycles. The SMILES string of the molecule is O=C(C1CCOCC1)N1C[C@@H]2CN(CC3CCCC3)CCO[C@@H]2C1.O=C(O)C(F)(F)F. The molecular weight excluding hydrogens is 417 g/mol. The summed E-state index contributed by atoms with van der Waals surface area (Å²) in [5.74, 6) is -0.846. The van der Waals surface area contributed by atoms with Crippen LogP contribution in [0.1, 0.15) is 38.5 Å². The number of ether oxygens (including phenoxy) is 2. The Balaban J connectivity index is 0.000000339. The minimum absolute atomic E-state index is 0.177. The smallest absolute Gasteiger partial charge is 0.475 e. The molecule has 1 N–H and O–H groups in total. The molecule has 3 heterocycles. The van der Waals surface area contributed by atoms with Crippen molar-refractivity contribution in [3.05, 3.63) is 0 Å². The first-order chi connectivity index (χ1) is 14.7. The van der Waals surface area contributed by atoms with Gasteiger partial charge in [0.2, 0.25) is 5.91 Å². The molecular formula is C21H33F3N2O5. The van der Waals surface area contributed by atoms with Crippen molar-refractivity contribution in [2.75, 3.05) is 52.5 Å². The maximum absolute atomic E-state index is 12.8. The molecule has 31 heavy (non-hydrogen) atoms. The summed E-state index contributed by atoms with van der Waals surface area (Å²) in [7, 11) is 0. The number of alkyl halides is 3. The highest BCUT2D eigenvalue weighted by molar-refractivity contribution is 5.79. The Morgan fingerprint density at radius 1 is 0.968 bits per heavy atom. The van der Waals surface area contributed by atoms with Gasteiger partial charge in [-0.3, -0.25) is 4.79 Å². The molecule has 0 spiro atoms. The zero-order valence-electron chi connectivity index (χ0n) is 17.8. The first kappa shape index (κ1) is 24.3. The number of rotatable bonds is 3. The van der Waals surface area contributed by atoms with Crippen LogP contribution in [0.3, 0.4) is 0 Å². The molecule has 0 radical (unpaired) electrons. The van der Waals surface area contributed by atoms with Crippen LogP contribution in [0.15, 0.2) is 0 Å². The van der Waals surface area contributed by atoms with Crippen molar-refractivity contribution < 1.29 is 37.3 Å². The number of likely N-dealkylation sites (tertiary alicyclic amines) is 1. The van der Waals surface area contributed by atoms with E-state index in [0.29, 0.717) is 11.8 Å². The molecule has 0 aromatic heterocycles. The fraction of sp³-hybridized carbons (Fsp3) is 0.905. The number of carbonyl (C=O) groups is 2. The van der Waals surface area contributed by atoms with Crippen molar-refractivity contribution in [3.63, 3.8) is 0 Å². The average Bonchev–Trinajstić information content (AvgIpc) is 3.34. The molecule has 4 fully saturated rings. The molecule has 4 rings (SSSR count). The molecule has 178 valence electrons. The van der Waals surface area contributed by atoms with E-state index in [1.807, 2.05) is 0 Å². The summed E-state index contributed by atoms with van der Waals surface area (Å²) in [6, 6.07) is 0. The average molecular weight is 450 g/mol. The van der Waals surface area contributed by atoms with Crippen molar-refractivity contribution in [2.24, 2.45) is 17.8 Å². The van der Waals surface area contributed by atoms with E-state index in [4.69, 9.17) is 19.4 Å². The molecule has 1 saturated carbocycles. The number of halogens is 3. The van der Waals surface area contributed by atoms with Crippen LogP contribution in [0.2, 0.25) is 0 Å². The van der Waals surface area contributed by atoms with E-state index in [1.54, 1.807) is 0 Å². The number of hydrogen-bond acceptors (Lipinski definition) is 5. The van der Waals surface area contributed by atoms with Crippen LogP contribution in [-0.2, 0) is 19.1 Å². The first-order valence-corrected chi connectivity index (χ1v) is 11.2. The highest BCUT2D eigenvalue weighted by Gasteiger charge is 2.40. The third-order valence-corrected chi connectivity index (χ3v) is 6.73. The lowest BCUT2D eigenvalue weighted by Gasteiger charge is -2.28. The zero-order chi connectivity index (χ0) is 22.4. The number of aliphatic carboxylic acids is 1. The van der Waals surface area contributed by atoms with Gasteiger partial charge in [-0.25, -0.2) is 4.79 Å². The van der Waals surface area contributed by atoms with Crippen molar-refractivity contribution in [3.8, 4) is 0 Å². The molecule has 1 amide bonds. The molecule has 10 heteroatoms. The molecule has 4 aliphatic rings. The standard InChI is InChI=1S/C19H32N2O3.C2HF3O2/c22-19(16-5-8-23-9-6-16)21-13-17-12-20(7-10-24-18(17)14-21)11-15-3-1-2-4-15;3-2(4,5)1(6)7/h15-18H,1-14H2;(H,6,7)/t17-,18+;/m0./s1. The van der Waals surface area contributed by atoms with Crippen LogP contribution in [0.25, 0.3) is 0 Å². The van der Waals surface area contributed by atoms with Gasteiger partial charge in [-0.1, -0.05) is 12.8 Å². The van der Waals surface area contributed by atoms with Crippen molar-refractivity contribution in [2.45, 2.75) is 50.8 Å². The highest BCUT2D eigenvalue weighted by atomic mass is 19.4. The fourth-order valence-corrected chi connectivity index (χ4v) is 5.07. The Morgan fingerprint density at radius 2 is 1.61 bits per heavy atom. The molecule has 0 unspecified atom stereocenters. The van der Waals surface area contributed by atoms with Crippen LogP contribution in [0.4, 0.5) is 13.2 Å². The van der Waals surface area contributed by atoms with Crippen LogP contribution in [-0.4, -0.2) is 91.6 Å². The largest absolute Gasteiger partial charge is 0.490 e. The van der Waals surface area contributed by atoms with Gasteiger partial charge in [0.1, 0.15) is 0 Å². The molecule has 0 aromatic carbocycles. The predicted molar refractivity (Wildman–Crippen MR) is 105 cm³/mol. The van der Waals surface area contributed by atoms with E-state index in [9.17, 15) is 18.0 Å². The number of nitrogens with zero attached hydrogens (tertiary/aromatic N) is 2. The number of carbonyl (C=O) groups excluding carboxylic acids is 1. The quantitative estimate of drug-likeness (QED) is 0.712. The van der Waals surface area contributed by atoms with Crippen molar-refractivity contribution >= 4 is 11.9 Å². The van der Waals surface area contributed by atoms with Crippen LogP contribution in [0, 0.1) is 17.8 Å². The Morgan fingerprint density at radius 3 is 2.23 bits per heavy atom. The highest BCUT2D eigenvalue weighted by Crippen LogP contribution is 2.30. The summed E-state index contributed by atoms with van der Waals surface area (Å²) < 4.78 is 43.3. The third-order valence-electron chi connectivity index (χ3n) is 6.73. The predicted octanol–water partition coefficient (Wildman–Crippen LogP) is 2.40. The van der Waals surface area contributed by atoms with Gasteiger partial charge in [-0.2, -0.15) is 13.2 Å². The van der Waals surface area contributed by atoms with Gasteiger partial charge in [-0.05, 0) is 31.6 Å². The first-order valence-electron chi connectivity index (χ1n) is 11.2. The van der Waals surface area contributed by atoms with Gasteiger partial charge in [-0.15, -0.1) is 0 Å². The minimum atomic E-state index is -5.08. The van der Waals surface area contributed by atoms with Gasteiger partial charge in [0.05, 0.1) is 12.7 Å². The Bertz CT molecular complexity index is 606. The Hall–Kier alpha value is -1.39. The normalized spacial score (nSPS) is 28.5. The summed E-state index contributed by atoms with van der Waals surface area (Å²) in [4.78, 5) is 26.4. The van der Waals surface area contributed by atoms with Gasteiger partial charge < -0.3 is 24.4 Å². The van der Waals surface area contributed by atoms with Gasteiger partial charge in [0.15, 0.2) is 0 Å². The molecule has 1 aliphatic carbocycles. The number of carboxylic acid groups (broad SMARTS) is 1. The van der Waals surface area contributed by atoms with E-state index in [0.717, 1.165) is 64.8 Å². The maximum atomic E-state index is 12.8. The summed E-state index contributed by atoms with van der Waals surface area (Å²) >= 11 is 0. The van der Waals surface area contributed by atoms with E-state index in [1.165, 1.54) is 32.2 Å². The second kappa shape index (κ2) is 11.0. The van der Waals surface area contributed by atoms with Gasteiger partial charge in [0, 0.05) is 57.8 Å². The summed E-state index contributed by atoms with van der Waals surface area (Å²) in [6.45, 7) is 7.41. The lowest BCUT2D eigenvalue weighted by molar-refractivity contribution is -0.192. The van der Waals surface area contributed by atoms with E-state index >= 15 is 0 Å². The minimum Gasteiger partial charge on any atom is -0.475 e. The summed E-state index contributed by atoms with van der Waals surface area (Å²) in [6.07, 6.45) is 2.57. The second-order valence-electron chi connectivity index (χ2n) is 9.01. The number of amides is 1. The van der Waals surface area contributed by atoms with E-state index < -0.39 is 12.1 Å². The number of hydrogen-bond donors (Lipinski definition) is 1. The second-order valence-corrected chi connectivity index (χ2v) is 9.01. The van der Waals surface area contributed by atoms with Crippen LogP contribution in [0.5, 0.6) is 0 Å². The topological polar surface area (TPSA) is 79.3 Å². The number of carboxylic acids is 1. The third kappa shape index (κ3) is 7.05. The van der Waals surface area contributed by atoms with Crippen LogP contribution < -0.4 is 0 Å². The summed E-state index contributed by atoms with van der Waals surface area (Å²) in [5.41, 5.74) is 0. The fourth-order valence-electron chi connectivity index (χ4n) is 5.07. The van der Waals surface area contributed by atoms with E-state index in [-0.39, 0.29) is 12.0 Å². The van der Waals surface area contributed by atoms with Crippen molar-refractivity contribution in [1.82, 2.24) is 9.80 Å². The lowest BCUT2D eigenvalue weighted by atomic mass is 9.99.